The molecule has 136 valence electrons. The second-order valence-electron chi connectivity index (χ2n) is 9.76. The molecule has 5 aliphatic rings. The molecule has 1 spiro atoms. The van der Waals surface area contributed by atoms with Gasteiger partial charge in [-0.3, -0.25) is 9.18 Å². The fourth-order valence-corrected chi connectivity index (χ4v) is 7.94. The van der Waals surface area contributed by atoms with E-state index >= 15 is 0 Å². The maximum Gasteiger partial charge on any atom is 0.309 e. The van der Waals surface area contributed by atoms with Gasteiger partial charge in [0.05, 0.1) is 18.2 Å². The second-order valence-corrected chi connectivity index (χ2v) is 9.76. The number of aliphatic carboxylic acids is 1. The molecule has 0 amide bonds. The Labute approximate surface area is 144 Å². The van der Waals surface area contributed by atoms with Crippen molar-refractivity contribution >= 4 is 5.97 Å². The number of hydrogen-bond acceptors (Lipinski definition) is 2. The summed E-state index contributed by atoms with van der Waals surface area (Å²) in [4.78, 5) is 12.1. The van der Waals surface area contributed by atoms with Crippen LogP contribution in [0.3, 0.4) is 0 Å². The Morgan fingerprint density at radius 3 is 2.50 bits per heavy atom. The smallest absolute Gasteiger partial charge is 0.309 e. The first-order chi connectivity index (χ1) is 11.3. The van der Waals surface area contributed by atoms with E-state index in [4.69, 9.17) is 0 Å². The van der Waals surface area contributed by atoms with Crippen molar-refractivity contribution < 1.29 is 19.4 Å². The predicted octanol–water partition coefficient (Wildman–Crippen LogP) is 4.04. The Morgan fingerprint density at radius 1 is 1.12 bits per heavy atom. The van der Waals surface area contributed by atoms with Crippen molar-refractivity contribution in [1.29, 1.82) is 0 Å². The Bertz CT molecular complexity index is 551. The highest BCUT2D eigenvalue weighted by molar-refractivity contribution is 5.75. The molecule has 0 unspecified atom stereocenters. The zero-order valence-electron chi connectivity index (χ0n) is 14.9. The van der Waals surface area contributed by atoms with E-state index in [9.17, 15) is 19.4 Å². The van der Waals surface area contributed by atoms with Gasteiger partial charge in [0.1, 0.15) is 0 Å². The van der Waals surface area contributed by atoms with E-state index in [0.717, 1.165) is 51.4 Å². The maximum absolute atomic E-state index is 13.6. The molecule has 8 atom stereocenters. The number of rotatable bonds is 2. The maximum atomic E-state index is 13.6. The molecule has 5 fully saturated rings. The summed E-state index contributed by atoms with van der Waals surface area (Å²) in [5, 5.41) is 20.9. The number of aliphatic hydroxyl groups is 1. The van der Waals surface area contributed by atoms with Crippen LogP contribution in [0.5, 0.6) is 0 Å². The monoisotopic (exact) mass is 338 g/mol. The van der Waals surface area contributed by atoms with Gasteiger partial charge in [-0.05, 0) is 75.0 Å². The van der Waals surface area contributed by atoms with Crippen LogP contribution in [0.4, 0.5) is 4.39 Å². The van der Waals surface area contributed by atoms with Gasteiger partial charge in [-0.2, -0.15) is 0 Å². The zero-order chi connectivity index (χ0) is 17.3. The minimum atomic E-state index is -0.655. The summed E-state index contributed by atoms with van der Waals surface area (Å²) in [5.74, 6) is -0.0193. The topological polar surface area (TPSA) is 57.5 Å². The van der Waals surface area contributed by atoms with Crippen LogP contribution >= 0.6 is 0 Å². The Balaban J connectivity index is 1.75. The van der Waals surface area contributed by atoms with Crippen molar-refractivity contribution in [2.75, 3.05) is 6.67 Å². The van der Waals surface area contributed by atoms with E-state index in [1.54, 1.807) is 0 Å². The van der Waals surface area contributed by atoms with Gasteiger partial charge in [-0.25, -0.2) is 0 Å². The van der Waals surface area contributed by atoms with Crippen LogP contribution in [-0.2, 0) is 4.79 Å². The Kier molecular flexibility index (Phi) is 3.63. The third kappa shape index (κ3) is 1.84. The molecule has 3 nitrogen and oxygen atoms in total. The SMILES string of the molecule is C[C@@]12CCC[C@@](C)(C(=O)O)[C@H]1CC[C@@]13CC[C@@H](C[C@@H]21)[C@H](CF)[C@H]3O. The first kappa shape index (κ1) is 16.8. The zero-order valence-corrected chi connectivity index (χ0v) is 14.9. The predicted molar refractivity (Wildman–Crippen MR) is 89.2 cm³/mol. The first-order valence-electron chi connectivity index (χ1n) is 9.77. The standard InChI is InChI=1S/C20H31FO3/c1-18-6-3-7-19(2,17(23)24)14(18)5-9-20-8-4-12(10-15(18)20)13(11-21)16(20)22/h12-16,22H,3-11H2,1-2H3,(H,23,24)/t12-,13-,14-,15-,16+,18+,19+,20-/m0/s1. The lowest BCUT2D eigenvalue weighted by Gasteiger charge is -2.69. The van der Waals surface area contributed by atoms with Crippen LogP contribution in [0.1, 0.15) is 65.2 Å². The summed E-state index contributed by atoms with van der Waals surface area (Å²) in [7, 11) is 0. The minimum absolute atomic E-state index is 0.0232. The van der Waals surface area contributed by atoms with Gasteiger partial charge in [0.15, 0.2) is 0 Å². The van der Waals surface area contributed by atoms with E-state index in [1.807, 2.05) is 6.92 Å². The number of aliphatic hydroxyl groups excluding tert-OH is 1. The first-order valence-corrected chi connectivity index (χ1v) is 9.77. The van der Waals surface area contributed by atoms with Crippen LogP contribution in [0, 0.1) is 39.9 Å². The van der Waals surface area contributed by atoms with E-state index in [2.05, 4.69) is 6.92 Å². The molecule has 5 rings (SSSR count). The molecule has 2 N–H and O–H groups in total. The number of alkyl halides is 1. The van der Waals surface area contributed by atoms with E-state index in [1.165, 1.54) is 0 Å². The Hall–Kier alpha value is -0.640. The number of carbonyl (C=O) groups is 1. The summed E-state index contributed by atoms with van der Waals surface area (Å²) >= 11 is 0. The molecule has 0 aliphatic heterocycles. The van der Waals surface area contributed by atoms with Gasteiger partial charge < -0.3 is 10.2 Å². The van der Waals surface area contributed by atoms with E-state index in [-0.39, 0.29) is 28.6 Å². The minimum Gasteiger partial charge on any atom is -0.481 e. The molecule has 0 radical (unpaired) electrons. The lowest BCUT2D eigenvalue weighted by Crippen LogP contribution is -2.67. The van der Waals surface area contributed by atoms with Crippen LogP contribution in [0.2, 0.25) is 0 Å². The fourth-order valence-electron chi connectivity index (χ4n) is 7.94. The molecule has 0 aromatic rings. The Morgan fingerprint density at radius 2 is 1.83 bits per heavy atom. The highest BCUT2D eigenvalue weighted by Gasteiger charge is 2.68. The average molecular weight is 338 g/mol. The molecule has 4 heteroatoms. The summed E-state index contributed by atoms with van der Waals surface area (Å²) in [5.41, 5.74) is -0.826. The average Bonchev–Trinajstić information content (AvgIpc) is 2.55. The van der Waals surface area contributed by atoms with Gasteiger partial charge in [0, 0.05) is 11.3 Å². The number of hydrogen-bond donors (Lipinski definition) is 2. The van der Waals surface area contributed by atoms with Gasteiger partial charge in [0.2, 0.25) is 0 Å². The van der Waals surface area contributed by atoms with Crippen LogP contribution in [0.25, 0.3) is 0 Å². The third-order valence-electron chi connectivity index (χ3n) is 9.15. The normalized spacial score (nSPS) is 56.4. The highest BCUT2D eigenvalue weighted by Crippen LogP contribution is 2.72. The van der Waals surface area contributed by atoms with Crippen LogP contribution in [0.15, 0.2) is 0 Å². The second kappa shape index (κ2) is 5.18. The van der Waals surface area contributed by atoms with Crippen molar-refractivity contribution in [1.82, 2.24) is 0 Å². The van der Waals surface area contributed by atoms with Crippen LogP contribution in [-0.4, -0.2) is 29.0 Å². The number of fused-ring (bicyclic) bond motifs is 3. The number of carboxylic acid groups (broad SMARTS) is 1. The van der Waals surface area contributed by atoms with Gasteiger partial charge in [-0.1, -0.05) is 13.3 Å². The van der Waals surface area contributed by atoms with E-state index < -0.39 is 24.2 Å². The highest BCUT2D eigenvalue weighted by atomic mass is 19.1. The van der Waals surface area contributed by atoms with Crippen molar-refractivity contribution in [3.05, 3.63) is 0 Å². The van der Waals surface area contributed by atoms with Gasteiger partial charge in [0.25, 0.3) is 0 Å². The van der Waals surface area contributed by atoms with Crippen molar-refractivity contribution in [3.63, 3.8) is 0 Å². The summed E-state index contributed by atoms with van der Waals surface area (Å²) in [6.45, 7) is 3.83. The summed E-state index contributed by atoms with van der Waals surface area (Å²) < 4.78 is 13.6. The van der Waals surface area contributed by atoms with Crippen LogP contribution < -0.4 is 0 Å². The molecule has 24 heavy (non-hydrogen) atoms. The quantitative estimate of drug-likeness (QED) is 0.799. The molecular formula is C20H31FO3. The third-order valence-corrected chi connectivity index (χ3v) is 9.15. The molecular weight excluding hydrogens is 307 g/mol. The van der Waals surface area contributed by atoms with Crippen molar-refractivity contribution in [2.24, 2.45) is 39.9 Å². The van der Waals surface area contributed by atoms with Gasteiger partial charge in [-0.15, -0.1) is 0 Å². The van der Waals surface area contributed by atoms with E-state index in [0.29, 0.717) is 5.92 Å². The van der Waals surface area contributed by atoms with Gasteiger partial charge >= 0.3 is 5.97 Å². The lowest BCUT2D eigenvalue weighted by molar-refractivity contribution is -0.246. The lowest BCUT2D eigenvalue weighted by atomic mass is 9.35. The van der Waals surface area contributed by atoms with Crippen molar-refractivity contribution in [2.45, 2.75) is 71.3 Å². The largest absolute Gasteiger partial charge is 0.481 e. The molecule has 0 aromatic heterocycles. The number of carboxylic acids is 1. The summed E-state index contributed by atoms with van der Waals surface area (Å²) in [6, 6.07) is 0. The summed E-state index contributed by atoms with van der Waals surface area (Å²) in [6.07, 6.45) is 7.04. The number of halogens is 1. The molecule has 5 aliphatic carbocycles. The fraction of sp³-hybridized carbons (Fsp3) is 0.950. The molecule has 0 heterocycles. The molecule has 5 saturated carbocycles. The molecule has 0 saturated heterocycles. The molecule has 0 aromatic carbocycles. The van der Waals surface area contributed by atoms with Crippen molar-refractivity contribution in [3.8, 4) is 0 Å². The molecule has 2 bridgehead atoms.